The minimum atomic E-state index is -0.534. The van der Waals surface area contributed by atoms with Gasteiger partial charge in [-0.3, -0.25) is 19.5 Å². The molecular formula is C28H24ClN4O3+. The summed E-state index contributed by atoms with van der Waals surface area (Å²) in [4.78, 5) is 42.7. The molecule has 0 spiro atoms. The van der Waals surface area contributed by atoms with Crippen LogP contribution in [0.15, 0.2) is 83.9 Å². The van der Waals surface area contributed by atoms with Gasteiger partial charge < -0.3 is 0 Å². The highest BCUT2D eigenvalue weighted by Crippen LogP contribution is 2.34. The molecular weight excluding hydrogens is 476 g/mol. The molecule has 2 aromatic heterocycles. The molecule has 0 radical (unpaired) electrons. The quantitative estimate of drug-likeness (QED) is 0.317. The van der Waals surface area contributed by atoms with Crippen molar-refractivity contribution >= 4 is 40.4 Å². The van der Waals surface area contributed by atoms with Gasteiger partial charge in [0.2, 0.25) is 0 Å². The number of pyridine rings is 1. The Morgan fingerprint density at radius 3 is 2.28 bits per heavy atom. The van der Waals surface area contributed by atoms with Crippen LogP contribution in [0.25, 0.3) is 17.0 Å². The number of hydrogen-bond acceptors (Lipinski definition) is 3. The van der Waals surface area contributed by atoms with Crippen LogP contribution in [0.1, 0.15) is 30.2 Å². The fourth-order valence-electron chi connectivity index (χ4n) is 4.48. The summed E-state index contributed by atoms with van der Waals surface area (Å²) in [6.45, 7) is 3.88. The SMILES string of the molecule is CCCc1[nH]n(-c2ccc(Cl)cc2)c(=O)c1C1=C([n+]2ccccc2)C(=O)N(c2cccc(C)c2)C1=O. The van der Waals surface area contributed by atoms with E-state index in [1.165, 1.54) is 4.68 Å². The summed E-state index contributed by atoms with van der Waals surface area (Å²) in [7, 11) is 0. The second kappa shape index (κ2) is 9.43. The molecule has 8 heteroatoms. The van der Waals surface area contributed by atoms with E-state index in [4.69, 9.17) is 11.6 Å². The van der Waals surface area contributed by atoms with Crippen molar-refractivity contribution in [2.24, 2.45) is 0 Å². The Bertz CT molecular complexity index is 1570. The lowest BCUT2D eigenvalue weighted by Crippen LogP contribution is -2.39. The summed E-state index contributed by atoms with van der Waals surface area (Å²) in [5.41, 5.74) is 2.55. The smallest absolute Gasteiger partial charge is 0.294 e. The van der Waals surface area contributed by atoms with Crippen LogP contribution in [0, 0.1) is 6.92 Å². The predicted octanol–water partition coefficient (Wildman–Crippen LogP) is 4.31. The summed E-state index contributed by atoms with van der Waals surface area (Å²) >= 11 is 6.04. The molecule has 1 aliphatic rings. The third-order valence-electron chi connectivity index (χ3n) is 6.09. The number of nitrogens with one attached hydrogen (secondary N) is 1. The number of hydrogen-bond donors (Lipinski definition) is 1. The maximum Gasteiger partial charge on any atom is 0.331 e. The molecule has 0 aliphatic carbocycles. The normalized spacial score (nSPS) is 13.7. The van der Waals surface area contributed by atoms with Crippen LogP contribution < -0.4 is 15.0 Å². The Morgan fingerprint density at radius 2 is 1.61 bits per heavy atom. The molecule has 0 bridgehead atoms. The molecule has 36 heavy (non-hydrogen) atoms. The minimum Gasteiger partial charge on any atom is -0.294 e. The first-order chi connectivity index (χ1) is 17.4. The molecule has 2 amide bonds. The number of halogens is 1. The Morgan fingerprint density at radius 1 is 0.889 bits per heavy atom. The number of nitrogens with zero attached hydrogens (tertiary/aromatic N) is 3. The zero-order valence-electron chi connectivity index (χ0n) is 19.9. The van der Waals surface area contributed by atoms with Gasteiger partial charge in [0.25, 0.3) is 17.2 Å². The topological polar surface area (TPSA) is 79.1 Å². The molecule has 0 saturated carbocycles. The van der Waals surface area contributed by atoms with Gasteiger partial charge in [-0.25, -0.2) is 9.58 Å². The fourth-order valence-corrected chi connectivity index (χ4v) is 4.60. The van der Waals surface area contributed by atoms with E-state index in [-0.39, 0.29) is 16.8 Å². The lowest BCUT2D eigenvalue weighted by atomic mass is 10.0. The number of carbonyl (C=O) groups excluding carboxylic acids is 2. The standard InChI is InChI=1S/C28H23ClN4O3/c1-3-8-22-23(27(35)33(30-22)20-13-11-19(29)12-14-20)24-25(31-15-5-4-6-16-31)28(36)32(26(24)34)21-10-7-9-18(2)17-21/h4-7,9-17H,3,8H2,1-2H3/p+1. The number of benzene rings is 2. The van der Waals surface area contributed by atoms with Crippen LogP contribution in [0.2, 0.25) is 5.02 Å². The first kappa shape index (κ1) is 23.5. The molecule has 1 aliphatic heterocycles. The fraction of sp³-hybridized carbons (Fsp3) is 0.143. The predicted molar refractivity (Wildman–Crippen MR) is 139 cm³/mol. The number of H-pyrrole nitrogens is 1. The maximum absolute atomic E-state index is 14.0. The molecule has 5 rings (SSSR count). The van der Waals surface area contributed by atoms with E-state index in [9.17, 15) is 14.4 Å². The Labute approximate surface area is 212 Å². The van der Waals surface area contributed by atoms with E-state index in [0.717, 1.165) is 16.9 Å². The summed E-state index contributed by atoms with van der Waals surface area (Å²) in [6, 6.07) is 19.4. The zero-order chi connectivity index (χ0) is 25.4. The van der Waals surface area contributed by atoms with E-state index >= 15 is 0 Å². The number of carbonyl (C=O) groups is 2. The molecule has 0 unspecified atom stereocenters. The Kier molecular flexibility index (Phi) is 6.16. The van der Waals surface area contributed by atoms with Gasteiger partial charge in [-0.2, -0.15) is 4.57 Å². The number of aromatic nitrogens is 3. The number of rotatable bonds is 6. The highest BCUT2D eigenvalue weighted by molar-refractivity contribution is 6.53. The molecule has 180 valence electrons. The Balaban J connectivity index is 1.77. The molecule has 2 aromatic carbocycles. The monoisotopic (exact) mass is 499 g/mol. The van der Waals surface area contributed by atoms with Crippen molar-refractivity contribution in [2.45, 2.75) is 26.7 Å². The largest absolute Gasteiger partial charge is 0.331 e. The average Bonchev–Trinajstić information content (AvgIpc) is 3.32. The summed E-state index contributed by atoms with van der Waals surface area (Å²) in [5.74, 6) is -1.02. The van der Waals surface area contributed by atoms with Gasteiger partial charge in [-0.15, -0.1) is 0 Å². The highest BCUT2D eigenvalue weighted by Gasteiger charge is 2.48. The van der Waals surface area contributed by atoms with Crippen LogP contribution >= 0.6 is 11.6 Å². The number of aromatic amines is 1. The zero-order valence-corrected chi connectivity index (χ0v) is 20.6. The first-order valence-corrected chi connectivity index (χ1v) is 12.0. The van der Waals surface area contributed by atoms with Crippen molar-refractivity contribution in [1.29, 1.82) is 0 Å². The van der Waals surface area contributed by atoms with Gasteiger partial charge in [0.05, 0.1) is 16.9 Å². The van der Waals surface area contributed by atoms with E-state index in [1.807, 2.05) is 26.0 Å². The van der Waals surface area contributed by atoms with E-state index in [0.29, 0.717) is 28.5 Å². The third-order valence-corrected chi connectivity index (χ3v) is 6.35. The molecule has 0 fully saturated rings. The van der Waals surface area contributed by atoms with Crippen molar-refractivity contribution in [2.75, 3.05) is 4.90 Å². The summed E-state index contributed by atoms with van der Waals surface area (Å²) < 4.78 is 2.99. The highest BCUT2D eigenvalue weighted by atomic mass is 35.5. The van der Waals surface area contributed by atoms with E-state index < -0.39 is 17.4 Å². The van der Waals surface area contributed by atoms with Crippen molar-refractivity contribution in [3.8, 4) is 5.69 Å². The number of anilines is 1. The van der Waals surface area contributed by atoms with Crippen LogP contribution in [0.3, 0.4) is 0 Å². The molecule has 4 aromatic rings. The number of aryl methyl sites for hydroxylation is 2. The van der Waals surface area contributed by atoms with Crippen LogP contribution in [-0.2, 0) is 16.0 Å². The molecule has 0 saturated heterocycles. The number of amides is 2. The Hall–Kier alpha value is -4.23. The third kappa shape index (κ3) is 3.97. The van der Waals surface area contributed by atoms with Gasteiger partial charge in [0, 0.05) is 22.8 Å². The van der Waals surface area contributed by atoms with Crippen LogP contribution in [0.5, 0.6) is 0 Å². The molecule has 7 nitrogen and oxygen atoms in total. The molecule has 1 N–H and O–H groups in total. The molecule has 3 heterocycles. The van der Waals surface area contributed by atoms with Gasteiger partial charge in [-0.05, 0) is 55.3 Å². The summed E-state index contributed by atoms with van der Waals surface area (Å²) in [6.07, 6.45) is 4.65. The van der Waals surface area contributed by atoms with Crippen molar-refractivity contribution in [3.63, 3.8) is 0 Å². The van der Waals surface area contributed by atoms with Crippen LogP contribution in [0.4, 0.5) is 5.69 Å². The number of imide groups is 1. The first-order valence-electron chi connectivity index (χ1n) is 11.7. The van der Waals surface area contributed by atoms with Crippen LogP contribution in [-0.4, -0.2) is 21.6 Å². The second-order valence-electron chi connectivity index (χ2n) is 8.62. The van der Waals surface area contributed by atoms with Crippen molar-refractivity contribution < 1.29 is 14.2 Å². The lowest BCUT2D eigenvalue weighted by molar-refractivity contribution is -0.576. The van der Waals surface area contributed by atoms with E-state index in [1.54, 1.807) is 71.6 Å². The van der Waals surface area contributed by atoms with Gasteiger partial charge in [-0.1, -0.05) is 43.1 Å². The summed E-state index contributed by atoms with van der Waals surface area (Å²) in [5, 5.41) is 3.72. The van der Waals surface area contributed by atoms with Gasteiger partial charge in [0.15, 0.2) is 12.4 Å². The van der Waals surface area contributed by atoms with Gasteiger partial charge >= 0.3 is 5.91 Å². The molecule has 0 atom stereocenters. The van der Waals surface area contributed by atoms with Crippen molar-refractivity contribution in [1.82, 2.24) is 9.78 Å². The minimum absolute atomic E-state index is 0.0788. The van der Waals surface area contributed by atoms with E-state index in [2.05, 4.69) is 5.10 Å². The second-order valence-corrected chi connectivity index (χ2v) is 9.06. The van der Waals surface area contributed by atoms with Gasteiger partial charge in [0.1, 0.15) is 5.57 Å². The maximum atomic E-state index is 14.0. The van der Waals surface area contributed by atoms with Crippen molar-refractivity contribution in [3.05, 3.63) is 111 Å². The lowest BCUT2D eigenvalue weighted by Gasteiger charge is -2.14. The average molecular weight is 500 g/mol.